The van der Waals surface area contributed by atoms with Crippen LogP contribution in [0.2, 0.25) is 5.02 Å². The van der Waals surface area contributed by atoms with E-state index in [4.69, 9.17) is 25.8 Å². The Morgan fingerprint density at radius 3 is 2.74 bits per heavy atom. The number of aryl methyl sites for hydroxylation is 1. The number of fused-ring (bicyclic) bond motifs is 4. The Kier molecular flexibility index (Phi) is 9.43. The maximum absolute atomic E-state index is 13.7. The maximum Gasteiger partial charge on any atom is 0.306 e. The fourth-order valence-electron chi connectivity index (χ4n) is 7.90. The second-order valence-corrected chi connectivity index (χ2v) is 15.8. The van der Waals surface area contributed by atoms with Crippen molar-refractivity contribution in [2.45, 2.75) is 68.6 Å². The molecule has 0 radical (unpaired) electrons. The fourth-order valence-corrected chi connectivity index (χ4v) is 9.70. The highest BCUT2D eigenvalue weighted by Crippen LogP contribution is 2.47. The summed E-state index contributed by atoms with van der Waals surface area (Å²) in [6, 6.07) is 11.3. The minimum atomic E-state index is -4.25. The molecule has 1 spiro atoms. The fraction of sp³-hybridized carbons (Fsp3) is 0.543. The van der Waals surface area contributed by atoms with Crippen molar-refractivity contribution in [3.8, 4) is 5.75 Å². The number of carbonyl (C=O) groups is 2. The summed E-state index contributed by atoms with van der Waals surface area (Å²) in [5.74, 6) is -0.574. The van der Waals surface area contributed by atoms with Crippen LogP contribution in [-0.2, 0) is 36.1 Å². The predicted octanol–water partition coefficient (Wildman–Crippen LogP) is 5.44. The molecule has 0 saturated heterocycles. The van der Waals surface area contributed by atoms with E-state index in [1.165, 1.54) is 18.2 Å². The van der Waals surface area contributed by atoms with E-state index in [0.29, 0.717) is 31.2 Å². The van der Waals surface area contributed by atoms with Gasteiger partial charge in [-0.1, -0.05) is 36.7 Å². The number of rotatable bonds is 3. The van der Waals surface area contributed by atoms with Gasteiger partial charge in [-0.2, -0.15) is 0 Å². The molecule has 248 valence electrons. The first-order valence-electron chi connectivity index (χ1n) is 16.2. The molecule has 46 heavy (non-hydrogen) atoms. The van der Waals surface area contributed by atoms with Gasteiger partial charge in [-0.15, -0.1) is 0 Å². The lowest BCUT2D eigenvalue weighted by Gasteiger charge is -2.46. The lowest BCUT2D eigenvalue weighted by molar-refractivity contribution is -0.140. The van der Waals surface area contributed by atoms with Crippen LogP contribution in [0.1, 0.15) is 66.9 Å². The molecule has 6 rings (SSSR count). The standard InChI is InChI=1S/C35H43ClN2O7S/c1-22-6-4-8-30(43-2)27-12-9-25(27)19-38-20-35(15-5-7-23-16-26(36)11-13-28(23)35)21-45-31-14-10-24(17-29(31)38)34(40)37-46(41,42)32(22)18-33(39)44-3/h4,8,10-11,13-14,16-17,22,25,27,30,32H,5-7,9,12,15,18-21H2,1-3H3,(H,37,40)/b8-4-/t22-,25+,27-,30+,32-,35+/m1/s1. The van der Waals surface area contributed by atoms with Gasteiger partial charge in [0, 0.05) is 36.2 Å². The average molecular weight is 671 g/mol. The average Bonchev–Trinajstić information content (AvgIpc) is 3.17. The van der Waals surface area contributed by atoms with E-state index in [9.17, 15) is 18.0 Å². The number of hydrogen-bond acceptors (Lipinski definition) is 8. The van der Waals surface area contributed by atoms with E-state index in [2.05, 4.69) is 21.8 Å². The summed E-state index contributed by atoms with van der Waals surface area (Å²) in [4.78, 5) is 28.2. The molecule has 6 atom stereocenters. The number of amides is 1. The molecule has 2 bridgehead atoms. The van der Waals surface area contributed by atoms with E-state index in [1.807, 2.05) is 18.2 Å². The van der Waals surface area contributed by atoms with Crippen molar-refractivity contribution < 1.29 is 32.2 Å². The van der Waals surface area contributed by atoms with Crippen molar-refractivity contribution in [2.75, 3.05) is 38.8 Å². The molecule has 11 heteroatoms. The molecule has 2 aromatic carbocycles. The van der Waals surface area contributed by atoms with Gasteiger partial charge in [0.15, 0.2) is 0 Å². The van der Waals surface area contributed by atoms with Crippen molar-refractivity contribution in [3.63, 3.8) is 0 Å². The molecule has 1 amide bonds. The number of benzene rings is 2. The molecule has 2 heterocycles. The molecule has 2 aromatic rings. The molecule has 4 aliphatic rings. The number of sulfonamides is 1. The summed E-state index contributed by atoms with van der Waals surface area (Å²) < 4.78 is 46.9. The number of allylic oxidation sites excluding steroid dienone is 1. The van der Waals surface area contributed by atoms with Crippen molar-refractivity contribution >= 4 is 39.2 Å². The Morgan fingerprint density at radius 1 is 1.17 bits per heavy atom. The van der Waals surface area contributed by atoms with Crippen molar-refractivity contribution in [1.29, 1.82) is 0 Å². The number of anilines is 1. The third-order valence-corrected chi connectivity index (χ3v) is 12.8. The lowest BCUT2D eigenvalue weighted by atomic mass is 9.68. The molecular formula is C35H43ClN2O7S. The zero-order chi connectivity index (χ0) is 32.6. The van der Waals surface area contributed by atoms with Gasteiger partial charge in [0.05, 0.1) is 37.2 Å². The molecule has 0 unspecified atom stereocenters. The van der Waals surface area contributed by atoms with Crippen LogP contribution in [0.5, 0.6) is 5.75 Å². The minimum absolute atomic E-state index is 0.130. The van der Waals surface area contributed by atoms with Crippen LogP contribution < -0.4 is 14.4 Å². The molecule has 2 aliphatic heterocycles. The second kappa shape index (κ2) is 13.2. The number of esters is 1. The van der Waals surface area contributed by atoms with Crippen LogP contribution in [0.3, 0.4) is 0 Å². The van der Waals surface area contributed by atoms with E-state index < -0.39 is 33.1 Å². The molecular weight excluding hydrogens is 628 g/mol. The Balaban J connectivity index is 1.42. The summed E-state index contributed by atoms with van der Waals surface area (Å²) in [7, 11) is -1.32. The second-order valence-electron chi connectivity index (χ2n) is 13.4. The van der Waals surface area contributed by atoms with Crippen LogP contribution >= 0.6 is 11.6 Å². The SMILES string of the molecule is COC(=O)C[C@@H]1[C@H](C)C/C=C\[C@H](OC)[C@@H]2CC[C@H]2CN2C[C@@]3(CCCc4cc(Cl)ccc43)COc3ccc(cc32)C(=O)NS1(=O)=O. The molecule has 2 aliphatic carbocycles. The van der Waals surface area contributed by atoms with Gasteiger partial charge in [-0.3, -0.25) is 9.59 Å². The first kappa shape index (κ1) is 32.8. The Hall–Kier alpha value is -3.08. The summed E-state index contributed by atoms with van der Waals surface area (Å²) in [5, 5.41) is -0.442. The number of ether oxygens (including phenoxy) is 3. The number of nitrogens with zero attached hydrogens (tertiary/aromatic N) is 1. The zero-order valence-electron chi connectivity index (χ0n) is 26.7. The maximum atomic E-state index is 13.7. The molecule has 9 nitrogen and oxygen atoms in total. The first-order valence-corrected chi connectivity index (χ1v) is 18.1. The van der Waals surface area contributed by atoms with Gasteiger partial charge in [0.2, 0.25) is 10.0 Å². The summed E-state index contributed by atoms with van der Waals surface area (Å²) in [6.07, 6.45) is 8.88. The van der Waals surface area contributed by atoms with Gasteiger partial charge in [-0.05, 0) is 97.7 Å². The van der Waals surface area contributed by atoms with E-state index in [0.717, 1.165) is 49.4 Å². The number of hydrogen-bond donors (Lipinski definition) is 1. The largest absolute Gasteiger partial charge is 0.490 e. The van der Waals surface area contributed by atoms with Crippen LogP contribution in [0.15, 0.2) is 48.6 Å². The van der Waals surface area contributed by atoms with Gasteiger partial charge < -0.3 is 19.1 Å². The van der Waals surface area contributed by atoms with E-state index >= 15 is 0 Å². The lowest BCUT2D eigenvalue weighted by Crippen LogP contribution is -2.49. The topological polar surface area (TPSA) is 111 Å². The summed E-state index contributed by atoms with van der Waals surface area (Å²) >= 11 is 6.41. The summed E-state index contributed by atoms with van der Waals surface area (Å²) in [5.41, 5.74) is 3.19. The van der Waals surface area contributed by atoms with Crippen LogP contribution in [0, 0.1) is 17.8 Å². The zero-order valence-corrected chi connectivity index (χ0v) is 28.2. The van der Waals surface area contributed by atoms with E-state index in [1.54, 1.807) is 32.2 Å². The normalized spacial score (nSPS) is 31.3. The van der Waals surface area contributed by atoms with Crippen LogP contribution in [0.25, 0.3) is 0 Å². The Morgan fingerprint density at radius 2 is 2.00 bits per heavy atom. The number of halogens is 1. The van der Waals surface area contributed by atoms with Gasteiger partial charge in [-0.25, -0.2) is 13.1 Å². The van der Waals surface area contributed by atoms with Gasteiger partial charge >= 0.3 is 5.97 Å². The first-order chi connectivity index (χ1) is 22.0. The summed E-state index contributed by atoms with van der Waals surface area (Å²) in [6.45, 7) is 3.69. The Labute approximate surface area is 276 Å². The molecule has 1 N–H and O–H groups in total. The molecule has 1 fully saturated rings. The minimum Gasteiger partial charge on any atom is -0.490 e. The third-order valence-electron chi connectivity index (χ3n) is 10.6. The highest BCUT2D eigenvalue weighted by molar-refractivity contribution is 7.90. The molecule has 1 saturated carbocycles. The predicted molar refractivity (Wildman–Crippen MR) is 177 cm³/mol. The highest BCUT2D eigenvalue weighted by Gasteiger charge is 2.44. The number of methoxy groups -OCH3 is 2. The van der Waals surface area contributed by atoms with Crippen molar-refractivity contribution in [1.82, 2.24) is 4.72 Å². The Bertz CT molecular complexity index is 1630. The molecule has 0 aromatic heterocycles. The highest BCUT2D eigenvalue weighted by atomic mass is 35.5. The third kappa shape index (κ3) is 6.40. The van der Waals surface area contributed by atoms with Crippen LogP contribution in [-0.4, -0.2) is 65.6 Å². The monoisotopic (exact) mass is 670 g/mol. The van der Waals surface area contributed by atoms with Crippen molar-refractivity contribution in [2.24, 2.45) is 17.8 Å². The smallest absolute Gasteiger partial charge is 0.306 e. The quantitative estimate of drug-likeness (QED) is 0.340. The van der Waals surface area contributed by atoms with Gasteiger partial charge in [0.1, 0.15) is 5.75 Å². The van der Waals surface area contributed by atoms with Crippen molar-refractivity contribution in [3.05, 3.63) is 70.3 Å². The van der Waals surface area contributed by atoms with E-state index in [-0.39, 0.29) is 29.4 Å². The number of carbonyl (C=O) groups excluding carboxylic acids is 2. The van der Waals surface area contributed by atoms with Gasteiger partial charge in [0.25, 0.3) is 5.91 Å². The number of nitrogens with one attached hydrogen (secondary N) is 1. The van der Waals surface area contributed by atoms with Crippen LogP contribution in [0.4, 0.5) is 5.69 Å².